The van der Waals surface area contributed by atoms with E-state index in [1.54, 1.807) is 24.3 Å². The molecule has 1 amide bonds. The zero-order chi connectivity index (χ0) is 18.5. The van der Waals surface area contributed by atoms with Gasteiger partial charge in [-0.1, -0.05) is 44.2 Å². The van der Waals surface area contributed by atoms with Gasteiger partial charge in [-0.05, 0) is 29.7 Å². The highest BCUT2D eigenvalue weighted by Crippen LogP contribution is 2.26. The van der Waals surface area contributed by atoms with Crippen molar-refractivity contribution in [3.63, 3.8) is 0 Å². The number of hydrogen-bond donors (Lipinski definition) is 1. The number of anilines is 1. The Labute approximate surface area is 157 Å². The van der Waals surface area contributed by atoms with Crippen LogP contribution < -0.4 is 5.32 Å². The Morgan fingerprint density at radius 3 is 2.69 bits per heavy atom. The molecule has 1 heterocycles. The van der Waals surface area contributed by atoms with Crippen LogP contribution in [0.1, 0.15) is 36.6 Å². The number of carbonyl (C=O) groups is 1. The summed E-state index contributed by atoms with van der Waals surface area (Å²) in [5.74, 6) is 0.353. The van der Waals surface area contributed by atoms with Crippen molar-refractivity contribution in [3.05, 3.63) is 70.7 Å². The molecule has 0 spiro atoms. The Kier molecular flexibility index (Phi) is 5.45. The summed E-state index contributed by atoms with van der Waals surface area (Å²) in [5, 5.41) is 14.6. The summed E-state index contributed by atoms with van der Waals surface area (Å²) in [5.41, 5.74) is 4.24. The maximum atomic E-state index is 12.2. The van der Waals surface area contributed by atoms with Crippen molar-refractivity contribution in [2.45, 2.75) is 26.2 Å². The molecule has 0 saturated heterocycles. The van der Waals surface area contributed by atoms with Gasteiger partial charge >= 0.3 is 0 Å². The van der Waals surface area contributed by atoms with Crippen LogP contribution in [-0.2, 0) is 11.2 Å². The quantitative estimate of drug-likeness (QED) is 0.696. The van der Waals surface area contributed by atoms with E-state index in [1.807, 2.05) is 5.38 Å². The Bertz CT molecular complexity index is 952. The highest BCUT2D eigenvalue weighted by molar-refractivity contribution is 7.13. The van der Waals surface area contributed by atoms with Crippen molar-refractivity contribution in [2.24, 2.45) is 0 Å². The Morgan fingerprint density at radius 2 is 2.00 bits per heavy atom. The summed E-state index contributed by atoms with van der Waals surface area (Å²) < 4.78 is 0. The zero-order valence-corrected chi connectivity index (χ0v) is 15.5. The van der Waals surface area contributed by atoms with Gasteiger partial charge in [0.1, 0.15) is 5.01 Å². The molecule has 0 bridgehead atoms. The average molecular weight is 361 g/mol. The number of hydrogen-bond acceptors (Lipinski definition) is 4. The van der Waals surface area contributed by atoms with Crippen LogP contribution in [0.5, 0.6) is 0 Å². The van der Waals surface area contributed by atoms with Crippen LogP contribution >= 0.6 is 11.3 Å². The van der Waals surface area contributed by atoms with E-state index in [1.165, 1.54) is 16.9 Å². The standard InChI is InChI=1S/C21H19N3OS/c1-14(2)16-6-8-17(9-7-16)21-24-19(13-26-21)11-20(25)23-18-5-3-4-15(10-18)12-22/h3-10,13-14H,11H2,1-2H3,(H,23,25). The molecule has 0 radical (unpaired) electrons. The fourth-order valence-corrected chi connectivity index (χ4v) is 3.39. The maximum Gasteiger partial charge on any atom is 0.230 e. The van der Waals surface area contributed by atoms with E-state index in [9.17, 15) is 4.79 Å². The van der Waals surface area contributed by atoms with E-state index in [0.717, 1.165) is 16.3 Å². The molecular formula is C21H19N3OS. The molecule has 0 aliphatic carbocycles. The van der Waals surface area contributed by atoms with Crippen molar-refractivity contribution in [1.82, 2.24) is 4.98 Å². The van der Waals surface area contributed by atoms with Crippen molar-refractivity contribution >= 4 is 22.9 Å². The Hall–Kier alpha value is -2.97. The van der Waals surface area contributed by atoms with Gasteiger partial charge in [0.25, 0.3) is 0 Å². The monoisotopic (exact) mass is 361 g/mol. The number of aromatic nitrogens is 1. The summed E-state index contributed by atoms with van der Waals surface area (Å²) in [6.07, 6.45) is 0.206. The van der Waals surface area contributed by atoms with Crippen LogP contribution in [0.3, 0.4) is 0 Å². The fourth-order valence-electron chi connectivity index (χ4n) is 2.57. The fraction of sp³-hybridized carbons (Fsp3) is 0.190. The van der Waals surface area contributed by atoms with Crippen LogP contribution in [-0.4, -0.2) is 10.9 Å². The number of nitrogens with one attached hydrogen (secondary N) is 1. The molecule has 0 atom stereocenters. The molecule has 0 unspecified atom stereocenters. The van der Waals surface area contributed by atoms with Crippen molar-refractivity contribution in [2.75, 3.05) is 5.32 Å². The van der Waals surface area contributed by atoms with Gasteiger partial charge < -0.3 is 5.32 Å². The topological polar surface area (TPSA) is 65.8 Å². The van der Waals surface area contributed by atoms with Crippen LogP contribution in [0.15, 0.2) is 53.9 Å². The highest BCUT2D eigenvalue weighted by atomic mass is 32.1. The van der Waals surface area contributed by atoms with E-state index in [-0.39, 0.29) is 12.3 Å². The number of nitriles is 1. The third-order valence-corrected chi connectivity index (χ3v) is 4.93. The first-order chi connectivity index (χ1) is 12.5. The molecule has 3 aromatic rings. The number of thiazole rings is 1. The van der Waals surface area contributed by atoms with Gasteiger partial charge in [0.05, 0.1) is 23.7 Å². The SMILES string of the molecule is CC(C)c1ccc(-c2nc(CC(=O)Nc3cccc(C#N)c3)cs2)cc1. The van der Waals surface area contributed by atoms with Gasteiger partial charge in [-0.25, -0.2) is 4.98 Å². The second-order valence-corrected chi connectivity index (χ2v) is 7.20. The normalized spacial score (nSPS) is 10.5. The molecule has 5 heteroatoms. The molecule has 0 aliphatic rings. The summed E-state index contributed by atoms with van der Waals surface area (Å²) in [7, 11) is 0. The second-order valence-electron chi connectivity index (χ2n) is 6.34. The summed E-state index contributed by atoms with van der Waals surface area (Å²) in [4.78, 5) is 16.8. The molecule has 4 nitrogen and oxygen atoms in total. The molecule has 26 heavy (non-hydrogen) atoms. The second kappa shape index (κ2) is 7.94. The van der Waals surface area contributed by atoms with Crippen LogP contribution in [0.4, 0.5) is 5.69 Å². The minimum Gasteiger partial charge on any atom is -0.326 e. The molecule has 1 N–H and O–H groups in total. The molecule has 1 aromatic heterocycles. The highest BCUT2D eigenvalue weighted by Gasteiger charge is 2.10. The van der Waals surface area contributed by atoms with Gasteiger partial charge in [0.15, 0.2) is 0 Å². The van der Waals surface area contributed by atoms with Crippen molar-refractivity contribution < 1.29 is 4.79 Å². The lowest BCUT2D eigenvalue weighted by atomic mass is 10.0. The van der Waals surface area contributed by atoms with E-state index >= 15 is 0 Å². The number of benzene rings is 2. The first kappa shape index (κ1) is 17.8. The lowest BCUT2D eigenvalue weighted by Gasteiger charge is -2.05. The largest absolute Gasteiger partial charge is 0.326 e. The van der Waals surface area contributed by atoms with Crippen molar-refractivity contribution in [1.29, 1.82) is 5.26 Å². The molecule has 0 aliphatic heterocycles. The number of nitrogens with zero attached hydrogens (tertiary/aromatic N) is 2. The molecule has 130 valence electrons. The lowest BCUT2D eigenvalue weighted by molar-refractivity contribution is -0.115. The van der Waals surface area contributed by atoms with Gasteiger partial charge in [-0.3, -0.25) is 4.79 Å². The number of amides is 1. The molecule has 0 saturated carbocycles. The van der Waals surface area contributed by atoms with Gasteiger partial charge in [-0.2, -0.15) is 5.26 Å². The molecule has 0 fully saturated rings. The maximum absolute atomic E-state index is 12.2. The Balaban J connectivity index is 1.66. The molecular weight excluding hydrogens is 342 g/mol. The van der Waals surface area contributed by atoms with Crippen molar-refractivity contribution in [3.8, 4) is 16.6 Å². The molecule has 3 rings (SSSR count). The van der Waals surface area contributed by atoms with E-state index in [2.05, 4.69) is 54.5 Å². The van der Waals surface area contributed by atoms with Crippen LogP contribution in [0, 0.1) is 11.3 Å². The van der Waals surface area contributed by atoms with Crippen LogP contribution in [0.25, 0.3) is 10.6 Å². The van der Waals surface area contributed by atoms with Gasteiger partial charge in [0.2, 0.25) is 5.91 Å². The first-order valence-electron chi connectivity index (χ1n) is 8.40. The van der Waals surface area contributed by atoms with Gasteiger partial charge in [0, 0.05) is 16.6 Å². The smallest absolute Gasteiger partial charge is 0.230 e. The zero-order valence-electron chi connectivity index (χ0n) is 14.7. The third-order valence-electron chi connectivity index (χ3n) is 3.99. The molecule has 2 aromatic carbocycles. The summed E-state index contributed by atoms with van der Waals surface area (Å²) in [6.45, 7) is 4.34. The minimum atomic E-state index is -0.146. The lowest BCUT2D eigenvalue weighted by Crippen LogP contribution is -2.14. The average Bonchev–Trinajstić information content (AvgIpc) is 3.10. The summed E-state index contributed by atoms with van der Waals surface area (Å²) in [6, 6.07) is 17.3. The minimum absolute atomic E-state index is 0.146. The van der Waals surface area contributed by atoms with E-state index < -0.39 is 0 Å². The number of carbonyl (C=O) groups excluding carboxylic acids is 1. The summed E-state index contributed by atoms with van der Waals surface area (Å²) >= 11 is 1.54. The van der Waals surface area contributed by atoms with E-state index in [0.29, 0.717) is 17.2 Å². The predicted molar refractivity (Wildman–Crippen MR) is 105 cm³/mol. The third kappa shape index (κ3) is 4.35. The predicted octanol–water partition coefficient (Wildman–Crippen LogP) is 4.99. The Morgan fingerprint density at radius 1 is 1.23 bits per heavy atom. The van der Waals surface area contributed by atoms with Crippen LogP contribution in [0.2, 0.25) is 0 Å². The van der Waals surface area contributed by atoms with Gasteiger partial charge in [-0.15, -0.1) is 11.3 Å². The number of rotatable bonds is 5. The van der Waals surface area contributed by atoms with E-state index in [4.69, 9.17) is 5.26 Å². The first-order valence-corrected chi connectivity index (χ1v) is 9.28.